The summed E-state index contributed by atoms with van der Waals surface area (Å²) in [7, 11) is 0. The molecule has 0 radical (unpaired) electrons. The Morgan fingerprint density at radius 3 is 2.87 bits per heavy atom. The Morgan fingerprint density at radius 1 is 1.53 bits per heavy atom. The van der Waals surface area contributed by atoms with Gasteiger partial charge in [-0.3, -0.25) is 4.79 Å². The lowest BCUT2D eigenvalue weighted by Gasteiger charge is -2.36. The van der Waals surface area contributed by atoms with Crippen molar-refractivity contribution in [2.45, 2.75) is 32.7 Å². The first-order chi connectivity index (χ1) is 7.17. The Labute approximate surface area is 91.6 Å². The van der Waals surface area contributed by atoms with Crippen LogP contribution in [-0.2, 0) is 4.79 Å². The number of likely N-dealkylation sites (tertiary alicyclic amines) is 1. The minimum Gasteiger partial charge on any atom is -0.395 e. The molecule has 4 nitrogen and oxygen atoms in total. The quantitative estimate of drug-likeness (QED) is 0.703. The highest BCUT2D eigenvalue weighted by Gasteiger charge is 2.26. The van der Waals surface area contributed by atoms with Gasteiger partial charge in [0.25, 0.3) is 0 Å². The van der Waals surface area contributed by atoms with Gasteiger partial charge in [-0.05, 0) is 12.3 Å². The molecule has 0 bridgehead atoms. The van der Waals surface area contributed by atoms with Gasteiger partial charge < -0.3 is 15.3 Å². The number of nitrogens with one attached hydrogen (secondary N) is 1. The fourth-order valence-electron chi connectivity index (χ4n) is 2.20. The van der Waals surface area contributed by atoms with E-state index in [1.807, 2.05) is 11.8 Å². The number of aliphatic hydroxyl groups is 1. The first-order valence-electron chi connectivity index (χ1n) is 5.79. The molecule has 0 spiro atoms. The summed E-state index contributed by atoms with van der Waals surface area (Å²) in [6, 6.07) is 0.344. The molecular weight excluding hydrogens is 192 g/mol. The van der Waals surface area contributed by atoms with E-state index >= 15 is 0 Å². The van der Waals surface area contributed by atoms with Crippen molar-refractivity contribution in [2.75, 3.05) is 26.2 Å². The number of rotatable bonds is 4. The van der Waals surface area contributed by atoms with E-state index in [0.29, 0.717) is 24.9 Å². The second-order valence-electron chi connectivity index (χ2n) is 4.37. The molecule has 15 heavy (non-hydrogen) atoms. The van der Waals surface area contributed by atoms with Gasteiger partial charge in [-0.2, -0.15) is 0 Å². The SMILES string of the molecule is CCC(=O)N1CC(C)CC(NCCO)C1. The number of piperidine rings is 1. The van der Waals surface area contributed by atoms with Crippen molar-refractivity contribution < 1.29 is 9.90 Å². The third-order valence-corrected chi connectivity index (χ3v) is 2.86. The first kappa shape index (κ1) is 12.5. The third-order valence-electron chi connectivity index (χ3n) is 2.86. The lowest BCUT2D eigenvalue weighted by atomic mass is 9.95. The van der Waals surface area contributed by atoms with Gasteiger partial charge in [0.2, 0.25) is 5.91 Å². The molecule has 88 valence electrons. The molecule has 1 saturated heterocycles. The van der Waals surface area contributed by atoms with E-state index in [0.717, 1.165) is 19.5 Å². The number of aliphatic hydroxyl groups excluding tert-OH is 1. The number of carbonyl (C=O) groups is 1. The van der Waals surface area contributed by atoms with Crippen LogP contribution in [0.1, 0.15) is 26.7 Å². The molecule has 2 atom stereocenters. The summed E-state index contributed by atoms with van der Waals surface area (Å²) in [6.07, 6.45) is 1.67. The highest BCUT2D eigenvalue weighted by Crippen LogP contribution is 2.16. The highest BCUT2D eigenvalue weighted by molar-refractivity contribution is 5.75. The van der Waals surface area contributed by atoms with Crippen LogP contribution in [-0.4, -0.2) is 48.2 Å². The van der Waals surface area contributed by atoms with Crippen LogP contribution in [0, 0.1) is 5.92 Å². The van der Waals surface area contributed by atoms with Gasteiger partial charge in [0.15, 0.2) is 0 Å². The van der Waals surface area contributed by atoms with E-state index in [1.54, 1.807) is 0 Å². The van der Waals surface area contributed by atoms with Crippen molar-refractivity contribution >= 4 is 5.91 Å². The van der Waals surface area contributed by atoms with Crippen LogP contribution in [0.25, 0.3) is 0 Å². The smallest absolute Gasteiger partial charge is 0.222 e. The fraction of sp³-hybridized carbons (Fsp3) is 0.909. The Hall–Kier alpha value is -0.610. The summed E-state index contributed by atoms with van der Waals surface area (Å²) in [6.45, 7) is 6.51. The first-order valence-corrected chi connectivity index (χ1v) is 5.79. The van der Waals surface area contributed by atoms with Gasteiger partial charge in [0.1, 0.15) is 0 Å². The van der Waals surface area contributed by atoms with E-state index in [9.17, 15) is 4.79 Å². The van der Waals surface area contributed by atoms with Gasteiger partial charge in [-0.15, -0.1) is 0 Å². The summed E-state index contributed by atoms with van der Waals surface area (Å²) in [4.78, 5) is 13.5. The summed E-state index contributed by atoms with van der Waals surface area (Å²) in [5.41, 5.74) is 0. The van der Waals surface area contributed by atoms with Crippen LogP contribution in [0.4, 0.5) is 0 Å². The Balaban J connectivity index is 2.44. The molecule has 0 aromatic heterocycles. The van der Waals surface area contributed by atoms with Gasteiger partial charge in [-0.25, -0.2) is 0 Å². The van der Waals surface area contributed by atoms with Gasteiger partial charge in [0.05, 0.1) is 6.61 Å². The van der Waals surface area contributed by atoms with Crippen molar-refractivity contribution in [3.63, 3.8) is 0 Å². The molecule has 1 rings (SSSR count). The fourth-order valence-corrected chi connectivity index (χ4v) is 2.20. The molecule has 2 unspecified atom stereocenters. The number of nitrogens with zero attached hydrogens (tertiary/aromatic N) is 1. The average molecular weight is 214 g/mol. The predicted molar refractivity (Wildman–Crippen MR) is 59.5 cm³/mol. The van der Waals surface area contributed by atoms with Crippen LogP contribution >= 0.6 is 0 Å². The summed E-state index contributed by atoms with van der Waals surface area (Å²) >= 11 is 0. The number of carbonyl (C=O) groups excluding carboxylic acids is 1. The summed E-state index contributed by atoms with van der Waals surface area (Å²) in [5.74, 6) is 0.780. The number of hydrogen-bond donors (Lipinski definition) is 2. The number of amides is 1. The molecule has 0 aliphatic carbocycles. The topological polar surface area (TPSA) is 52.6 Å². The molecule has 1 heterocycles. The predicted octanol–water partition coefficient (Wildman–Crippen LogP) is 0.215. The molecule has 2 N–H and O–H groups in total. The maximum absolute atomic E-state index is 11.6. The molecule has 1 aliphatic rings. The van der Waals surface area contributed by atoms with E-state index in [2.05, 4.69) is 12.2 Å². The molecule has 1 amide bonds. The molecule has 1 aliphatic heterocycles. The average Bonchev–Trinajstić information content (AvgIpc) is 2.24. The van der Waals surface area contributed by atoms with Gasteiger partial charge in [-0.1, -0.05) is 13.8 Å². The molecule has 0 saturated carbocycles. The lowest BCUT2D eigenvalue weighted by molar-refractivity contribution is -0.133. The van der Waals surface area contributed by atoms with E-state index in [4.69, 9.17) is 5.11 Å². The Morgan fingerprint density at radius 2 is 2.27 bits per heavy atom. The van der Waals surface area contributed by atoms with Gasteiger partial charge >= 0.3 is 0 Å². The standard InChI is InChI=1S/C11H22N2O2/c1-3-11(15)13-7-9(2)6-10(8-13)12-4-5-14/h9-10,12,14H,3-8H2,1-2H3. The minimum absolute atomic E-state index is 0.159. The largest absolute Gasteiger partial charge is 0.395 e. The van der Waals surface area contributed by atoms with E-state index in [1.165, 1.54) is 0 Å². The van der Waals surface area contributed by atoms with Gasteiger partial charge in [0, 0.05) is 32.1 Å². The minimum atomic E-state index is 0.159. The van der Waals surface area contributed by atoms with Crippen LogP contribution in [0.15, 0.2) is 0 Å². The molecule has 0 aromatic carbocycles. The highest BCUT2D eigenvalue weighted by atomic mass is 16.3. The van der Waals surface area contributed by atoms with Crippen molar-refractivity contribution in [1.29, 1.82) is 0 Å². The van der Waals surface area contributed by atoms with Crippen LogP contribution in [0.5, 0.6) is 0 Å². The lowest BCUT2D eigenvalue weighted by Crippen LogP contribution is -2.51. The third kappa shape index (κ3) is 3.80. The second kappa shape index (κ2) is 6.08. The molecule has 0 aromatic rings. The summed E-state index contributed by atoms with van der Waals surface area (Å²) in [5, 5.41) is 12.0. The van der Waals surface area contributed by atoms with E-state index in [-0.39, 0.29) is 12.5 Å². The molecule has 1 fully saturated rings. The maximum Gasteiger partial charge on any atom is 0.222 e. The van der Waals surface area contributed by atoms with Crippen molar-refractivity contribution in [2.24, 2.45) is 5.92 Å². The molecular formula is C11H22N2O2. The Bertz CT molecular complexity index is 209. The van der Waals surface area contributed by atoms with Crippen LogP contribution in [0.3, 0.4) is 0 Å². The normalized spacial score (nSPS) is 26.7. The monoisotopic (exact) mass is 214 g/mol. The second-order valence-corrected chi connectivity index (χ2v) is 4.37. The van der Waals surface area contributed by atoms with Crippen LogP contribution < -0.4 is 5.32 Å². The van der Waals surface area contributed by atoms with E-state index < -0.39 is 0 Å². The van der Waals surface area contributed by atoms with Crippen molar-refractivity contribution in [3.8, 4) is 0 Å². The summed E-state index contributed by atoms with van der Waals surface area (Å²) < 4.78 is 0. The van der Waals surface area contributed by atoms with Crippen molar-refractivity contribution in [3.05, 3.63) is 0 Å². The van der Waals surface area contributed by atoms with Crippen LogP contribution in [0.2, 0.25) is 0 Å². The zero-order chi connectivity index (χ0) is 11.3. The Kier molecular flexibility index (Phi) is 5.05. The molecule has 4 heteroatoms. The zero-order valence-electron chi connectivity index (χ0n) is 9.70. The van der Waals surface area contributed by atoms with Crippen molar-refractivity contribution in [1.82, 2.24) is 10.2 Å². The zero-order valence-corrected chi connectivity index (χ0v) is 9.70. The maximum atomic E-state index is 11.6. The number of hydrogen-bond acceptors (Lipinski definition) is 3.